The molecule has 4 nitrogen and oxygen atoms in total. The summed E-state index contributed by atoms with van der Waals surface area (Å²) >= 11 is 0. The van der Waals surface area contributed by atoms with Gasteiger partial charge in [0, 0.05) is 0 Å². The van der Waals surface area contributed by atoms with Crippen molar-refractivity contribution in [3.63, 3.8) is 0 Å². The Hall–Kier alpha value is -0.610. The molecule has 0 aliphatic carbocycles. The maximum atomic E-state index is 11.4. The Morgan fingerprint density at radius 2 is 1.93 bits per heavy atom. The Bertz CT molecular complexity index is 202. The highest BCUT2D eigenvalue weighted by molar-refractivity contribution is 5.80. The maximum Gasteiger partial charge on any atom is 0.328 e. The summed E-state index contributed by atoms with van der Waals surface area (Å²) in [7, 11) is 0. The van der Waals surface area contributed by atoms with Crippen molar-refractivity contribution in [2.75, 3.05) is 13.2 Å². The molecule has 0 aliphatic rings. The van der Waals surface area contributed by atoms with Gasteiger partial charge in [0.15, 0.2) is 0 Å². The van der Waals surface area contributed by atoms with Crippen LogP contribution in [0.3, 0.4) is 0 Å². The van der Waals surface area contributed by atoms with Crippen LogP contribution in [0.2, 0.25) is 0 Å². The zero-order valence-corrected chi connectivity index (χ0v) is 10.4. The Labute approximate surface area is 92.1 Å². The second-order valence-electron chi connectivity index (χ2n) is 4.40. The number of nitrogens with two attached hydrogens (primary N) is 1. The summed E-state index contributed by atoms with van der Waals surface area (Å²) < 4.78 is 10.4. The van der Waals surface area contributed by atoms with E-state index in [1.54, 1.807) is 13.8 Å². The van der Waals surface area contributed by atoms with Gasteiger partial charge in [-0.05, 0) is 26.7 Å². The van der Waals surface area contributed by atoms with Crippen molar-refractivity contribution in [2.45, 2.75) is 46.3 Å². The highest BCUT2D eigenvalue weighted by atomic mass is 16.5. The van der Waals surface area contributed by atoms with Gasteiger partial charge in [-0.15, -0.1) is 0 Å². The first-order valence-electron chi connectivity index (χ1n) is 5.39. The Morgan fingerprint density at radius 1 is 1.40 bits per heavy atom. The van der Waals surface area contributed by atoms with Crippen molar-refractivity contribution in [1.29, 1.82) is 0 Å². The van der Waals surface area contributed by atoms with Gasteiger partial charge < -0.3 is 15.2 Å². The van der Waals surface area contributed by atoms with Crippen LogP contribution in [0.1, 0.15) is 34.6 Å². The summed E-state index contributed by atoms with van der Waals surface area (Å²) in [4.78, 5) is 11.4. The van der Waals surface area contributed by atoms with Crippen molar-refractivity contribution in [2.24, 2.45) is 11.7 Å². The minimum Gasteiger partial charge on any atom is -0.465 e. The number of ether oxygens (including phenoxy) is 2. The van der Waals surface area contributed by atoms with Gasteiger partial charge in [0.25, 0.3) is 0 Å². The number of rotatable bonds is 6. The molecular formula is C11H23NO3. The van der Waals surface area contributed by atoms with Crippen LogP contribution in [-0.2, 0) is 14.3 Å². The van der Waals surface area contributed by atoms with Crippen molar-refractivity contribution in [3.8, 4) is 0 Å². The van der Waals surface area contributed by atoms with Crippen molar-refractivity contribution < 1.29 is 14.3 Å². The number of carbonyl (C=O) groups excluding carboxylic acids is 1. The lowest BCUT2D eigenvalue weighted by molar-refractivity contribution is -0.152. The van der Waals surface area contributed by atoms with Crippen LogP contribution in [0, 0.1) is 5.92 Å². The molecule has 0 saturated carbocycles. The van der Waals surface area contributed by atoms with Gasteiger partial charge in [0.1, 0.15) is 5.54 Å². The topological polar surface area (TPSA) is 61.5 Å². The van der Waals surface area contributed by atoms with E-state index in [0.29, 0.717) is 12.5 Å². The van der Waals surface area contributed by atoms with Crippen molar-refractivity contribution >= 4 is 5.97 Å². The molecule has 0 heterocycles. The van der Waals surface area contributed by atoms with E-state index in [2.05, 4.69) is 13.8 Å². The number of hydrogen-bond donors (Lipinski definition) is 1. The Kier molecular flexibility index (Phi) is 5.83. The summed E-state index contributed by atoms with van der Waals surface area (Å²) in [5.41, 5.74) is 4.74. The minimum atomic E-state index is -1.06. The maximum absolute atomic E-state index is 11.4. The molecule has 2 atom stereocenters. The molecular weight excluding hydrogens is 194 g/mol. The fraction of sp³-hybridized carbons (Fsp3) is 0.909. The molecule has 0 fully saturated rings. The molecule has 90 valence electrons. The van der Waals surface area contributed by atoms with E-state index >= 15 is 0 Å². The van der Waals surface area contributed by atoms with E-state index in [1.165, 1.54) is 0 Å². The summed E-state index contributed by atoms with van der Waals surface area (Å²) in [5.74, 6) is -0.0102. The van der Waals surface area contributed by atoms with Crippen molar-refractivity contribution in [3.05, 3.63) is 0 Å². The average molecular weight is 217 g/mol. The van der Waals surface area contributed by atoms with Crippen LogP contribution in [0.25, 0.3) is 0 Å². The van der Waals surface area contributed by atoms with Gasteiger partial charge in [-0.2, -0.15) is 0 Å². The lowest BCUT2D eigenvalue weighted by Crippen LogP contribution is -2.51. The highest BCUT2D eigenvalue weighted by Gasteiger charge is 2.31. The van der Waals surface area contributed by atoms with E-state index in [-0.39, 0.29) is 12.7 Å². The van der Waals surface area contributed by atoms with Crippen LogP contribution in [0.5, 0.6) is 0 Å². The lowest BCUT2D eigenvalue weighted by atomic mass is 10.1. The molecule has 2 N–H and O–H groups in total. The first kappa shape index (κ1) is 14.4. The summed E-state index contributed by atoms with van der Waals surface area (Å²) in [5, 5.41) is 0. The van der Waals surface area contributed by atoms with Crippen LogP contribution < -0.4 is 5.73 Å². The summed E-state index contributed by atoms with van der Waals surface area (Å²) in [6.07, 6.45) is 0.0855. The molecule has 0 spiro atoms. The molecule has 0 aromatic heterocycles. The van der Waals surface area contributed by atoms with Gasteiger partial charge in [-0.1, -0.05) is 13.8 Å². The number of carbonyl (C=O) groups is 1. The van der Waals surface area contributed by atoms with Gasteiger partial charge in [-0.25, -0.2) is 4.79 Å². The molecule has 0 aromatic rings. The van der Waals surface area contributed by atoms with Crippen LogP contribution in [0.4, 0.5) is 0 Å². The van der Waals surface area contributed by atoms with E-state index in [0.717, 1.165) is 0 Å². The molecule has 0 amide bonds. The third-order valence-electron chi connectivity index (χ3n) is 2.33. The predicted octanol–water partition coefficient (Wildman–Crippen LogP) is 1.33. The van der Waals surface area contributed by atoms with Crippen LogP contribution >= 0.6 is 0 Å². The van der Waals surface area contributed by atoms with E-state index < -0.39 is 11.5 Å². The van der Waals surface area contributed by atoms with E-state index in [1.807, 2.05) is 6.92 Å². The smallest absolute Gasteiger partial charge is 0.328 e. The van der Waals surface area contributed by atoms with Gasteiger partial charge in [0.2, 0.25) is 0 Å². The third kappa shape index (κ3) is 5.14. The Balaban J connectivity index is 4.08. The van der Waals surface area contributed by atoms with Gasteiger partial charge in [-0.3, -0.25) is 0 Å². The predicted molar refractivity (Wildman–Crippen MR) is 59.5 cm³/mol. The van der Waals surface area contributed by atoms with E-state index in [9.17, 15) is 4.79 Å². The first-order valence-corrected chi connectivity index (χ1v) is 5.39. The molecule has 0 aromatic carbocycles. The molecule has 0 radical (unpaired) electrons. The normalized spacial score (nSPS) is 17.3. The van der Waals surface area contributed by atoms with Gasteiger partial charge >= 0.3 is 5.97 Å². The standard InChI is InChI=1S/C11H23NO3/c1-6-14-10(13)11(5,12)7-15-9(4)8(2)3/h8-9H,6-7,12H2,1-5H3. The quantitative estimate of drug-likeness (QED) is 0.682. The SMILES string of the molecule is CCOC(=O)C(C)(N)COC(C)C(C)C. The molecule has 0 bridgehead atoms. The van der Waals surface area contributed by atoms with Crippen molar-refractivity contribution in [1.82, 2.24) is 0 Å². The molecule has 2 unspecified atom stereocenters. The zero-order chi connectivity index (χ0) is 12.1. The summed E-state index contributed by atoms with van der Waals surface area (Å²) in [6.45, 7) is 9.98. The lowest BCUT2D eigenvalue weighted by Gasteiger charge is -2.25. The molecule has 4 heteroatoms. The Morgan fingerprint density at radius 3 is 2.33 bits per heavy atom. The van der Waals surface area contributed by atoms with Crippen LogP contribution in [-0.4, -0.2) is 30.8 Å². The number of hydrogen-bond acceptors (Lipinski definition) is 4. The fourth-order valence-electron chi connectivity index (χ4n) is 0.852. The fourth-order valence-corrected chi connectivity index (χ4v) is 0.852. The summed E-state index contributed by atoms with van der Waals surface area (Å²) in [6, 6.07) is 0. The van der Waals surface area contributed by atoms with Gasteiger partial charge in [0.05, 0.1) is 19.3 Å². The average Bonchev–Trinajstić information content (AvgIpc) is 2.14. The molecule has 0 aliphatic heterocycles. The minimum absolute atomic E-state index is 0.0855. The second-order valence-corrected chi connectivity index (χ2v) is 4.40. The largest absolute Gasteiger partial charge is 0.465 e. The zero-order valence-electron chi connectivity index (χ0n) is 10.4. The van der Waals surface area contributed by atoms with Crippen LogP contribution in [0.15, 0.2) is 0 Å². The molecule has 15 heavy (non-hydrogen) atoms. The monoisotopic (exact) mass is 217 g/mol. The highest BCUT2D eigenvalue weighted by Crippen LogP contribution is 2.10. The second kappa shape index (κ2) is 6.08. The molecule has 0 saturated heterocycles. The molecule has 0 rings (SSSR count). The number of esters is 1. The third-order valence-corrected chi connectivity index (χ3v) is 2.33. The first-order chi connectivity index (χ1) is 6.81. The van der Waals surface area contributed by atoms with E-state index in [4.69, 9.17) is 15.2 Å².